The van der Waals surface area contributed by atoms with Crippen molar-refractivity contribution in [2.45, 2.75) is 65.2 Å². The predicted molar refractivity (Wildman–Crippen MR) is 114 cm³/mol. The monoisotopic (exact) mass is 436 g/mol. The molecule has 7 nitrogen and oxygen atoms in total. The third kappa shape index (κ3) is 6.76. The molecular formula is C22H29ClN2O5. The molecule has 2 amide bonds. The minimum Gasteiger partial charge on any atom is -0.443 e. The van der Waals surface area contributed by atoms with Gasteiger partial charge in [-0.15, -0.1) is 0 Å². The molecular weight excluding hydrogens is 408 g/mol. The average molecular weight is 437 g/mol. The van der Waals surface area contributed by atoms with Gasteiger partial charge in [0.25, 0.3) is 0 Å². The lowest BCUT2D eigenvalue weighted by molar-refractivity contribution is -0.0120. The number of hydrogen-bond donors (Lipinski definition) is 1. The molecule has 2 rings (SSSR count). The van der Waals surface area contributed by atoms with Crippen LogP contribution in [0.25, 0.3) is 0 Å². The van der Waals surface area contributed by atoms with Crippen molar-refractivity contribution in [2.24, 2.45) is 5.92 Å². The van der Waals surface area contributed by atoms with Gasteiger partial charge in [-0.25, -0.2) is 20.0 Å². The molecule has 164 valence electrons. The fourth-order valence-electron chi connectivity index (χ4n) is 2.95. The minimum atomic E-state index is -0.807. The first-order chi connectivity index (χ1) is 13.8. The zero-order chi connectivity index (χ0) is 22.7. The summed E-state index contributed by atoms with van der Waals surface area (Å²) in [7, 11) is 0. The number of Topliss-reactive ketones (excluding diaryl/α,β-unsaturated/α-hetero) is 1. The van der Waals surface area contributed by atoms with Gasteiger partial charge in [0.1, 0.15) is 11.2 Å². The number of ether oxygens (including phenoxy) is 2. The van der Waals surface area contributed by atoms with Crippen LogP contribution in [-0.4, -0.2) is 40.2 Å². The molecule has 0 saturated carbocycles. The van der Waals surface area contributed by atoms with Crippen LogP contribution in [0.5, 0.6) is 0 Å². The molecule has 30 heavy (non-hydrogen) atoms. The quantitative estimate of drug-likeness (QED) is 0.402. The van der Waals surface area contributed by atoms with E-state index in [2.05, 4.69) is 5.43 Å². The van der Waals surface area contributed by atoms with Crippen LogP contribution in [0.3, 0.4) is 0 Å². The molecule has 1 aliphatic rings. The van der Waals surface area contributed by atoms with E-state index in [9.17, 15) is 14.4 Å². The zero-order valence-electron chi connectivity index (χ0n) is 18.2. The molecule has 0 unspecified atom stereocenters. The topological polar surface area (TPSA) is 84.9 Å². The minimum absolute atomic E-state index is 0.190. The molecule has 8 heteroatoms. The Morgan fingerprint density at radius 3 is 2.10 bits per heavy atom. The van der Waals surface area contributed by atoms with Crippen molar-refractivity contribution in [2.75, 3.05) is 0 Å². The van der Waals surface area contributed by atoms with E-state index in [0.29, 0.717) is 17.0 Å². The average Bonchev–Trinajstić information content (AvgIpc) is 3.05. The van der Waals surface area contributed by atoms with Crippen molar-refractivity contribution in [1.82, 2.24) is 10.4 Å². The van der Waals surface area contributed by atoms with Crippen molar-refractivity contribution >= 4 is 29.6 Å². The van der Waals surface area contributed by atoms with E-state index in [0.717, 1.165) is 5.01 Å². The number of nitrogens with one attached hydrogen (secondary N) is 1. The molecule has 0 fully saturated rings. The summed E-state index contributed by atoms with van der Waals surface area (Å²) in [5, 5.41) is 1.57. The largest absolute Gasteiger partial charge is 0.443 e. The second-order valence-corrected chi connectivity index (χ2v) is 9.53. The summed E-state index contributed by atoms with van der Waals surface area (Å²) >= 11 is 5.91. The number of carbonyl (C=O) groups excluding carboxylic acids is 3. The number of benzene rings is 1. The molecule has 0 aromatic heterocycles. The zero-order valence-corrected chi connectivity index (χ0v) is 18.9. The Hall–Kier alpha value is -2.54. The maximum Gasteiger partial charge on any atom is 0.429 e. The van der Waals surface area contributed by atoms with Crippen LogP contribution in [0.4, 0.5) is 9.59 Å². The first-order valence-electron chi connectivity index (χ1n) is 9.75. The molecule has 0 aliphatic heterocycles. The van der Waals surface area contributed by atoms with Gasteiger partial charge in [-0.1, -0.05) is 23.8 Å². The lowest BCUT2D eigenvalue weighted by Crippen LogP contribution is -2.56. The van der Waals surface area contributed by atoms with Gasteiger partial charge in [-0.3, -0.25) is 4.79 Å². The number of amides is 2. The van der Waals surface area contributed by atoms with E-state index in [1.165, 1.54) is 0 Å². The Bertz CT molecular complexity index is 821. The lowest BCUT2D eigenvalue weighted by Gasteiger charge is -2.34. The number of nitrogens with zero attached hydrogens (tertiary/aromatic N) is 1. The second-order valence-electron chi connectivity index (χ2n) is 9.09. The van der Waals surface area contributed by atoms with Crippen molar-refractivity contribution in [3.8, 4) is 0 Å². The summed E-state index contributed by atoms with van der Waals surface area (Å²) in [6.45, 7) is 10.3. The molecule has 0 spiro atoms. The first kappa shape index (κ1) is 23.7. The number of halogens is 1. The van der Waals surface area contributed by atoms with Gasteiger partial charge in [-0.2, -0.15) is 0 Å². The van der Waals surface area contributed by atoms with Gasteiger partial charge in [0.2, 0.25) is 0 Å². The summed E-state index contributed by atoms with van der Waals surface area (Å²) in [6.07, 6.45) is 2.33. The summed E-state index contributed by atoms with van der Waals surface area (Å²) in [5.74, 6) is -0.849. The molecule has 1 N–H and O–H groups in total. The normalized spacial score (nSPS) is 18.6. The molecule has 1 aliphatic carbocycles. The van der Waals surface area contributed by atoms with E-state index in [1.54, 1.807) is 78.0 Å². The van der Waals surface area contributed by atoms with Gasteiger partial charge < -0.3 is 9.47 Å². The number of carbonyl (C=O) groups is 3. The van der Waals surface area contributed by atoms with E-state index >= 15 is 0 Å². The van der Waals surface area contributed by atoms with Gasteiger partial charge >= 0.3 is 12.2 Å². The Kier molecular flexibility index (Phi) is 7.18. The van der Waals surface area contributed by atoms with Crippen LogP contribution in [0.15, 0.2) is 36.4 Å². The highest BCUT2D eigenvalue weighted by Crippen LogP contribution is 2.28. The molecule has 1 aromatic rings. The fraction of sp³-hybridized carbons (Fsp3) is 0.500. The van der Waals surface area contributed by atoms with Crippen molar-refractivity contribution in [1.29, 1.82) is 0 Å². The summed E-state index contributed by atoms with van der Waals surface area (Å²) in [5.41, 5.74) is 1.39. The number of ketones is 1. The summed E-state index contributed by atoms with van der Waals surface area (Å²) in [6, 6.07) is 5.87. The fourth-order valence-corrected chi connectivity index (χ4v) is 3.07. The predicted octanol–water partition coefficient (Wildman–Crippen LogP) is 5.14. The maximum absolute atomic E-state index is 13.1. The third-order valence-electron chi connectivity index (χ3n) is 4.10. The Morgan fingerprint density at radius 2 is 1.57 bits per heavy atom. The standard InChI is InChI=1S/C22H29ClN2O5/c1-21(2,3)29-19(27)24-25(20(28)30-22(4,5)6)17-9-7-8-16(17)18(26)14-10-12-15(23)13-11-14/h7-8,10-13,16-17H,9H2,1-6H3,(H,24,27)/t16-,17-/m0/s1. The van der Waals surface area contributed by atoms with E-state index in [1.807, 2.05) is 0 Å². The van der Waals surface area contributed by atoms with Crippen molar-refractivity contribution < 1.29 is 23.9 Å². The Morgan fingerprint density at radius 1 is 1.00 bits per heavy atom. The van der Waals surface area contributed by atoms with Crippen LogP contribution in [0.1, 0.15) is 58.3 Å². The van der Waals surface area contributed by atoms with E-state index in [-0.39, 0.29) is 5.78 Å². The first-order valence-corrected chi connectivity index (χ1v) is 10.1. The molecule has 1 aromatic carbocycles. The lowest BCUT2D eigenvalue weighted by atomic mass is 9.93. The van der Waals surface area contributed by atoms with Gasteiger partial charge in [0, 0.05) is 10.6 Å². The van der Waals surface area contributed by atoms with Crippen LogP contribution in [0, 0.1) is 5.92 Å². The van der Waals surface area contributed by atoms with E-state index in [4.69, 9.17) is 21.1 Å². The summed E-state index contributed by atoms with van der Waals surface area (Å²) in [4.78, 5) is 38.3. The van der Waals surface area contributed by atoms with Gasteiger partial charge in [0.15, 0.2) is 5.78 Å². The molecule has 0 saturated heterocycles. The third-order valence-corrected chi connectivity index (χ3v) is 4.35. The van der Waals surface area contributed by atoms with Crippen LogP contribution < -0.4 is 5.43 Å². The van der Waals surface area contributed by atoms with E-state index < -0.39 is 35.3 Å². The van der Waals surface area contributed by atoms with Crippen LogP contribution in [-0.2, 0) is 9.47 Å². The number of rotatable bonds is 3. The van der Waals surface area contributed by atoms with Crippen LogP contribution >= 0.6 is 11.6 Å². The number of hydrazine groups is 1. The Balaban J connectivity index is 2.28. The van der Waals surface area contributed by atoms with Crippen molar-refractivity contribution in [3.63, 3.8) is 0 Å². The molecule has 0 heterocycles. The van der Waals surface area contributed by atoms with Gasteiger partial charge in [0.05, 0.1) is 12.0 Å². The maximum atomic E-state index is 13.1. The second kappa shape index (κ2) is 9.08. The molecule has 2 atom stereocenters. The number of hydrogen-bond acceptors (Lipinski definition) is 5. The smallest absolute Gasteiger partial charge is 0.429 e. The SMILES string of the molecule is CC(C)(C)OC(=O)NN(C(=O)OC(C)(C)C)[C@H]1CC=C[C@@H]1C(=O)c1ccc(Cl)cc1. The highest BCUT2D eigenvalue weighted by atomic mass is 35.5. The highest BCUT2D eigenvalue weighted by molar-refractivity contribution is 6.30. The van der Waals surface area contributed by atoms with Gasteiger partial charge in [-0.05, 0) is 72.2 Å². The Labute approximate surface area is 182 Å². The van der Waals surface area contributed by atoms with Crippen LogP contribution in [0.2, 0.25) is 5.02 Å². The van der Waals surface area contributed by atoms with Crippen molar-refractivity contribution in [3.05, 3.63) is 47.0 Å². The highest BCUT2D eigenvalue weighted by Gasteiger charge is 2.40. The molecule has 0 bridgehead atoms. The molecule has 0 radical (unpaired) electrons. The summed E-state index contributed by atoms with van der Waals surface area (Å²) < 4.78 is 10.7.